The minimum absolute atomic E-state index is 0. The van der Waals surface area contributed by atoms with E-state index in [1.807, 2.05) is 6.66 Å². The summed E-state index contributed by atoms with van der Waals surface area (Å²) in [4.78, 5) is 0. The van der Waals surface area contributed by atoms with Crippen LogP contribution >= 0.6 is 24.8 Å². The Morgan fingerprint density at radius 3 is 2.05 bits per heavy atom. The smallest absolute Gasteiger partial charge is 0.147 e. The molecule has 0 saturated heterocycles. The van der Waals surface area contributed by atoms with Gasteiger partial charge in [-0.05, 0) is 0 Å². The normalized spacial score (nSPS) is 17.2. The van der Waals surface area contributed by atoms with E-state index in [1.165, 1.54) is 12.8 Å². The quantitative estimate of drug-likeness (QED) is 0.453. The standard InChI is InChI=1S/C8H11.C5H5.C2H6Si.2ClH.Hf/c1-6-4-5-7(2)8(6)3;1-2-4-5-3-1;1-3-2;;;/h4H2,1-3H3;1-3H,4H2;1-2H3;2*1H;. The fourth-order valence-electron chi connectivity index (χ4n) is 2.80. The second-order valence-corrected chi connectivity index (χ2v) is 29.4. The van der Waals surface area contributed by atoms with Crippen molar-refractivity contribution in [2.75, 3.05) is 0 Å². The molecule has 0 fully saturated rings. The predicted octanol–water partition coefficient (Wildman–Crippen LogP) is 5.56. The maximum Gasteiger partial charge on any atom is -0.147 e. The summed E-state index contributed by atoms with van der Waals surface area (Å²) in [5, 5.41) is 0. The molecule has 19 heavy (non-hydrogen) atoms. The molecule has 0 spiro atoms. The Bertz CT molecular complexity index is 518. The Labute approximate surface area is 138 Å². The van der Waals surface area contributed by atoms with Gasteiger partial charge in [-0.1, -0.05) is 0 Å². The molecule has 0 aliphatic heterocycles. The molecule has 0 heterocycles. The molecule has 0 bridgehead atoms. The van der Waals surface area contributed by atoms with Gasteiger partial charge in [0, 0.05) is 0 Å². The van der Waals surface area contributed by atoms with Gasteiger partial charge in [0.1, 0.15) is 0 Å². The van der Waals surface area contributed by atoms with Crippen molar-refractivity contribution in [3.05, 3.63) is 41.6 Å². The molecule has 0 nitrogen and oxygen atoms in total. The Balaban J connectivity index is 0.00000162. The first-order valence-electron chi connectivity index (χ1n) is 6.42. The van der Waals surface area contributed by atoms with Gasteiger partial charge in [-0.2, -0.15) is 0 Å². The van der Waals surface area contributed by atoms with Crippen LogP contribution in [0.1, 0.15) is 33.6 Å². The van der Waals surface area contributed by atoms with Crippen molar-refractivity contribution in [3.8, 4) is 0 Å². The molecule has 0 atom stereocenters. The summed E-state index contributed by atoms with van der Waals surface area (Å²) in [6.45, 7) is 12.1. The molecule has 0 aromatic rings. The van der Waals surface area contributed by atoms with Crippen molar-refractivity contribution in [2.45, 2.75) is 46.7 Å². The van der Waals surface area contributed by atoms with Crippen molar-refractivity contribution in [3.63, 3.8) is 0 Å². The summed E-state index contributed by atoms with van der Waals surface area (Å²) in [5.74, 6) is 0. The summed E-state index contributed by atoms with van der Waals surface area (Å²) >= 11 is -1.64. The van der Waals surface area contributed by atoms with Gasteiger partial charge < -0.3 is 0 Å². The van der Waals surface area contributed by atoms with E-state index < -0.39 is 20.1 Å². The number of hydrogen-bond donors (Lipinski definition) is 0. The fourth-order valence-corrected chi connectivity index (χ4v) is 28.4. The van der Waals surface area contributed by atoms with Gasteiger partial charge in [0.2, 0.25) is 0 Å². The van der Waals surface area contributed by atoms with Crippen molar-refractivity contribution in [2.24, 2.45) is 0 Å². The molecular formula is C15H24Cl2HfSi. The van der Waals surface area contributed by atoms with Crippen molar-refractivity contribution < 1.29 is 20.1 Å². The third-order valence-corrected chi connectivity index (χ3v) is 28.7. The molecule has 0 saturated carbocycles. The monoisotopic (exact) mass is 482 g/mol. The van der Waals surface area contributed by atoms with Crippen LogP contribution in [0.2, 0.25) is 13.1 Å². The van der Waals surface area contributed by atoms with Gasteiger partial charge in [-0.3, -0.25) is 0 Å². The minimum Gasteiger partial charge on any atom is -0.147 e. The first kappa shape index (κ1) is 19.6. The van der Waals surface area contributed by atoms with Crippen LogP contribution in [-0.2, 0) is 20.1 Å². The van der Waals surface area contributed by atoms with E-state index in [1.54, 1.807) is 16.7 Å². The molecule has 0 unspecified atom stereocenters. The van der Waals surface area contributed by atoms with Crippen LogP contribution in [0.3, 0.4) is 0 Å². The minimum atomic E-state index is -1.64. The second-order valence-electron chi connectivity index (χ2n) is 5.38. The zero-order chi connectivity index (χ0) is 12.6. The van der Waals surface area contributed by atoms with Crippen LogP contribution in [0.25, 0.3) is 0 Å². The Hall–Kier alpha value is 0.627. The van der Waals surface area contributed by atoms with Gasteiger partial charge in [0.05, 0.1) is 0 Å². The van der Waals surface area contributed by atoms with E-state index in [0.717, 1.165) is 0 Å². The van der Waals surface area contributed by atoms with E-state index in [4.69, 9.17) is 0 Å². The van der Waals surface area contributed by atoms with Gasteiger partial charge in [0.15, 0.2) is 0 Å². The fraction of sp³-hybridized carbons (Fsp3) is 0.467. The number of allylic oxidation sites excluding steroid dienone is 8. The van der Waals surface area contributed by atoms with E-state index >= 15 is 0 Å². The Kier molecular flexibility index (Phi) is 8.43. The van der Waals surface area contributed by atoms with E-state index in [-0.39, 0.29) is 30.3 Å². The molecule has 0 radical (unpaired) electrons. The van der Waals surface area contributed by atoms with Crippen LogP contribution in [0.4, 0.5) is 0 Å². The molecule has 4 heteroatoms. The molecule has 2 rings (SSSR count). The number of hydrogen-bond acceptors (Lipinski definition) is 0. The zero-order valence-electron chi connectivity index (χ0n) is 12.5. The van der Waals surface area contributed by atoms with Gasteiger partial charge in [-0.15, -0.1) is 24.8 Å². The zero-order valence-corrected chi connectivity index (χ0v) is 18.7. The summed E-state index contributed by atoms with van der Waals surface area (Å²) in [5.41, 5.74) is 4.80. The van der Waals surface area contributed by atoms with Crippen molar-refractivity contribution in [1.82, 2.24) is 0 Å². The SMILES string of the molecule is CC1=C(C)C(C)=[C]([Hf]([C]2=CC=CC2)=[Si](C)C)C1.Cl.Cl. The van der Waals surface area contributed by atoms with Crippen LogP contribution < -0.4 is 0 Å². The van der Waals surface area contributed by atoms with Crippen molar-refractivity contribution in [1.29, 1.82) is 0 Å². The summed E-state index contributed by atoms with van der Waals surface area (Å²) < 4.78 is 3.80. The summed E-state index contributed by atoms with van der Waals surface area (Å²) in [6.07, 6.45) is 9.66. The average Bonchev–Trinajstić information content (AvgIpc) is 2.85. The molecule has 2 aliphatic rings. The van der Waals surface area contributed by atoms with Gasteiger partial charge in [-0.25, -0.2) is 0 Å². The molecule has 0 amide bonds. The average molecular weight is 482 g/mol. The first-order valence-corrected chi connectivity index (χ1v) is 17.9. The first-order chi connectivity index (χ1) is 8.02. The number of rotatable bonds is 2. The van der Waals surface area contributed by atoms with Gasteiger partial charge in [0.25, 0.3) is 0 Å². The van der Waals surface area contributed by atoms with Crippen LogP contribution in [0, 0.1) is 0 Å². The van der Waals surface area contributed by atoms with Crippen molar-refractivity contribution >= 4 is 30.3 Å². The van der Waals surface area contributed by atoms with Crippen LogP contribution in [0.5, 0.6) is 0 Å². The van der Waals surface area contributed by atoms with Gasteiger partial charge >= 0.3 is 114 Å². The van der Waals surface area contributed by atoms with Crippen LogP contribution in [0.15, 0.2) is 41.6 Å². The number of halogens is 2. The maximum atomic E-state index is 2.55. The Morgan fingerprint density at radius 1 is 1.05 bits per heavy atom. The third kappa shape index (κ3) is 4.06. The molecule has 0 aromatic carbocycles. The molecule has 2 aliphatic carbocycles. The Morgan fingerprint density at radius 2 is 1.68 bits per heavy atom. The predicted molar refractivity (Wildman–Crippen MR) is 89.5 cm³/mol. The molecule has 0 aromatic heterocycles. The van der Waals surface area contributed by atoms with E-state index in [0.29, 0.717) is 0 Å². The molecule has 106 valence electrons. The van der Waals surface area contributed by atoms with Crippen LogP contribution in [-0.4, -0.2) is 5.49 Å². The summed E-state index contributed by atoms with van der Waals surface area (Å²) in [7, 11) is 0. The topological polar surface area (TPSA) is 0 Å². The van der Waals surface area contributed by atoms with E-state index in [9.17, 15) is 0 Å². The second kappa shape index (κ2) is 8.16. The molecular weight excluding hydrogens is 458 g/mol. The summed E-state index contributed by atoms with van der Waals surface area (Å²) in [6, 6.07) is 0. The third-order valence-electron chi connectivity index (χ3n) is 3.99. The molecule has 0 N–H and O–H groups in total. The maximum absolute atomic E-state index is 2.55. The largest absolute Gasteiger partial charge is 0.147 e. The van der Waals surface area contributed by atoms with E-state index in [2.05, 4.69) is 52.1 Å².